The van der Waals surface area contributed by atoms with Crippen molar-refractivity contribution in [3.05, 3.63) is 24.3 Å². The van der Waals surface area contributed by atoms with Crippen LogP contribution < -0.4 is 14.8 Å². The molecule has 1 aromatic carbocycles. The molecule has 3 rings (SSSR count). The predicted molar refractivity (Wildman–Crippen MR) is 110 cm³/mol. The molecule has 2 heterocycles. The molecule has 0 unspecified atom stereocenters. The number of hydrogen-bond donors (Lipinski definition) is 6. The SMILES string of the molecule is COc1ccc(O[C@@H]2O[C@@H](C)[C@H](O)[C@@H](O)[C@H]2O[C@@H]2O[C@H](CO)[C@H](O)[C@H](O)[C@H]2NC(C)=O)cc1. The number of methoxy groups -OCH3 is 1. The Hall–Kier alpha value is -2.03. The van der Waals surface area contributed by atoms with Crippen LogP contribution in [0.5, 0.6) is 11.5 Å². The average Bonchev–Trinajstić information content (AvgIpc) is 2.79. The Bertz CT molecular complexity index is 778. The number of carbonyl (C=O) groups is 1. The molecule has 186 valence electrons. The van der Waals surface area contributed by atoms with E-state index in [-0.39, 0.29) is 0 Å². The number of rotatable bonds is 7. The van der Waals surface area contributed by atoms with Gasteiger partial charge in [-0.15, -0.1) is 0 Å². The van der Waals surface area contributed by atoms with Gasteiger partial charge < -0.3 is 54.5 Å². The Balaban J connectivity index is 1.85. The van der Waals surface area contributed by atoms with Crippen molar-refractivity contribution in [1.29, 1.82) is 0 Å². The normalized spacial score (nSPS) is 39.0. The van der Waals surface area contributed by atoms with E-state index in [9.17, 15) is 30.3 Å². The van der Waals surface area contributed by atoms with E-state index in [4.69, 9.17) is 23.7 Å². The molecule has 33 heavy (non-hydrogen) atoms. The van der Waals surface area contributed by atoms with Gasteiger partial charge in [0.1, 0.15) is 48.1 Å². The number of aliphatic hydroxyl groups is 5. The van der Waals surface area contributed by atoms with E-state index in [0.717, 1.165) is 0 Å². The molecule has 12 nitrogen and oxygen atoms in total. The van der Waals surface area contributed by atoms with Gasteiger partial charge in [-0.3, -0.25) is 4.79 Å². The zero-order chi connectivity index (χ0) is 24.3. The molecule has 2 aliphatic heterocycles. The Kier molecular flexibility index (Phi) is 8.48. The van der Waals surface area contributed by atoms with Crippen LogP contribution in [-0.2, 0) is 19.0 Å². The van der Waals surface area contributed by atoms with Gasteiger partial charge in [-0.1, -0.05) is 0 Å². The van der Waals surface area contributed by atoms with Crippen molar-refractivity contribution in [2.45, 2.75) is 75.2 Å². The van der Waals surface area contributed by atoms with Gasteiger partial charge in [-0.05, 0) is 31.2 Å². The second-order valence-electron chi connectivity index (χ2n) is 8.02. The lowest BCUT2D eigenvalue weighted by molar-refractivity contribution is -0.340. The van der Waals surface area contributed by atoms with Crippen molar-refractivity contribution in [3.63, 3.8) is 0 Å². The third-order valence-corrected chi connectivity index (χ3v) is 5.64. The number of carbonyl (C=O) groups excluding carboxylic acids is 1. The fourth-order valence-corrected chi connectivity index (χ4v) is 3.77. The minimum absolute atomic E-state index is 0.358. The highest BCUT2D eigenvalue weighted by Gasteiger charge is 2.51. The van der Waals surface area contributed by atoms with Crippen molar-refractivity contribution in [3.8, 4) is 11.5 Å². The first-order valence-electron chi connectivity index (χ1n) is 10.5. The molecule has 0 spiro atoms. The number of nitrogens with one attached hydrogen (secondary N) is 1. The molecule has 0 bridgehead atoms. The van der Waals surface area contributed by atoms with Crippen LogP contribution in [0.2, 0.25) is 0 Å². The molecule has 2 aliphatic rings. The maximum absolute atomic E-state index is 11.7. The Morgan fingerprint density at radius 2 is 1.61 bits per heavy atom. The average molecular weight is 473 g/mol. The highest BCUT2D eigenvalue weighted by molar-refractivity contribution is 5.73. The van der Waals surface area contributed by atoms with Crippen LogP contribution in [0.25, 0.3) is 0 Å². The number of aliphatic hydroxyl groups excluding tert-OH is 5. The van der Waals surface area contributed by atoms with E-state index in [0.29, 0.717) is 11.5 Å². The lowest BCUT2D eigenvalue weighted by atomic mass is 9.96. The quantitative estimate of drug-likeness (QED) is 0.255. The zero-order valence-electron chi connectivity index (χ0n) is 18.5. The van der Waals surface area contributed by atoms with Crippen LogP contribution in [0.3, 0.4) is 0 Å². The molecule has 0 aromatic heterocycles. The molecule has 0 saturated carbocycles. The monoisotopic (exact) mass is 473 g/mol. The number of ether oxygens (including phenoxy) is 5. The van der Waals surface area contributed by atoms with Crippen molar-refractivity contribution in [2.75, 3.05) is 13.7 Å². The van der Waals surface area contributed by atoms with E-state index in [1.54, 1.807) is 31.2 Å². The molecule has 0 aliphatic carbocycles. The van der Waals surface area contributed by atoms with E-state index < -0.39 is 73.9 Å². The Labute approximate surface area is 190 Å². The summed E-state index contributed by atoms with van der Waals surface area (Å²) in [6.07, 6.45) is -11.9. The number of benzene rings is 1. The Morgan fingerprint density at radius 1 is 0.970 bits per heavy atom. The smallest absolute Gasteiger partial charge is 0.229 e. The molecular weight excluding hydrogens is 442 g/mol. The van der Waals surface area contributed by atoms with Crippen LogP contribution in [0.15, 0.2) is 24.3 Å². The van der Waals surface area contributed by atoms with Crippen molar-refractivity contribution < 1.29 is 54.0 Å². The van der Waals surface area contributed by atoms with Crippen LogP contribution in [0.4, 0.5) is 0 Å². The van der Waals surface area contributed by atoms with E-state index >= 15 is 0 Å². The summed E-state index contributed by atoms with van der Waals surface area (Å²) in [5.74, 6) is 0.419. The van der Waals surface area contributed by atoms with Gasteiger partial charge in [0, 0.05) is 6.92 Å². The van der Waals surface area contributed by atoms with Gasteiger partial charge in [0.15, 0.2) is 12.4 Å². The molecule has 12 heteroatoms. The summed E-state index contributed by atoms with van der Waals surface area (Å²) in [4.78, 5) is 11.7. The minimum Gasteiger partial charge on any atom is -0.497 e. The van der Waals surface area contributed by atoms with Crippen LogP contribution in [0, 0.1) is 0 Å². The first kappa shape index (κ1) is 25.6. The number of amides is 1. The van der Waals surface area contributed by atoms with Crippen LogP contribution >= 0.6 is 0 Å². The minimum atomic E-state index is -1.55. The van der Waals surface area contributed by atoms with E-state index in [1.165, 1.54) is 14.0 Å². The lowest BCUT2D eigenvalue weighted by Gasteiger charge is -2.46. The van der Waals surface area contributed by atoms with Gasteiger partial charge in [0.05, 0.1) is 19.8 Å². The summed E-state index contributed by atoms with van der Waals surface area (Å²) in [7, 11) is 1.52. The third-order valence-electron chi connectivity index (χ3n) is 5.64. The molecule has 2 fully saturated rings. The highest BCUT2D eigenvalue weighted by Crippen LogP contribution is 2.31. The molecule has 10 atom stereocenters. The maximum Gasteiger partial charge on any atom is 0.229 e. The third kappa shape index (κ3) is 5.73. The van der Waals surface area contributed by atoms with Crippen LogP contribution in [-0.4, -0.2) is 107 Å². The van der Waals surface area contributed by atoms with Gasteiger partial charge in [-0.2, -0.15) is 0 Å². The summed E-state index contributed by atoms with van der Waals surface area (Å²) in [5.41, 5.74) is 0. The van der Waals surface area contributed by atoms with Gasteiger partial charge in [0.2, 0.25) is 12.2 Å². The molecule has 1 aromatic rings. The molecule has 1 amide bonds. The molecular formula is C21H31NO11. The predicted octanol–water partition coefficient (Wildman–Crippen LogP) is -2.13. The second kappa shape index (κ2) is 10.9. The topological polar surface area (TPSA) is 176 Å². The fourth-order valence-electron chi connectivity index (χ4n) is 3.77. The van der Waals surface area contributed by atoms with E-state index in [2.05, 4.69) is 5.32 Å². The molecule has 0 radical (unpaired) electrons. The zero-order valence-corrected chi connectivity index (χ0v) is 18.5. The molecule has 6 N–H and O–H groups in total. The summed E-state index contributed by atoms with van der Waals surface area (Å²) in [6, 6.07) is 5.29. The first-order chi connectivity index (χ1) is 15.7. The van der Waals surface area contributed by atoms with Crippen LogP contribution in [0.1, 0.15) is 13.8 Å². The Morgan fingerprint density at radius 3 is 2.18 bits per heavy atom. The summed E-state index contributed by atoms with van der Waals surface area (Å²) in [5, 5.41) is 53.6. The fraction of sp³-hybridized carbons (Fsp3) is 0.667. The van der Waals surface area contributed by atoms with Crippen molar-refractivity contribution in [2.24, 2.45) is 0 Å². The van der Waals surface area contributed by atoms with Crippen molar-refractivity contribution >= 4 is 5.91 Å². The van der Waals surface area contributed by atoms with Gasteiger partial charge in [0.25, 0.3) is 0 Å². The second-order valence-corrected chi connectivity index (χ2v) is 8.02. The van der Waals surface area contributed by atoms with Gasteiger partial charge in [-0.25, -0.2) is 0 Å². The van der Waals surface area contributed by atoms with Crippen molar-refractivity contribution in [1.82, 2.24) is 5.32 Å². The standard InChI is InChI=1S/C21H31NO11/c1-9-15(25)18(28)19(21(30-9)31-12-6-4-11(29-3)5-7-12)33-20-14(22-10(2)24)17(27)16(26)13(8-23)32-20/h4-7,9,13-21,23,25-28H,8H2,1-3H3,(H,22,24)/t9-,13+,14+,15-,16-,17+,18+,19+,20-,21-/m0/s1. The largest absolute Gasteiger partial charge is 0.497 e. The summed E-state index contributed by atoms with van der Waals surface area (Å²) >= 11 is 0. The highest BCUT2D eigenvalue weighted by atomic mass is 16.7. The number of hydrogen-bond acceptors (Lipinski definition) is 11. The first-order valence-corrected chi connectivity index (χ1v) is 10.5. The summed E-state index contributed by atoms with van der Waals surface area (Å²) in [6.45, 7) is 2.11. The van der Waals surface area contributed by atoms with Gasteiger partial charge >= 0.3 is 0 Å². The van der Waals surface area contributed by atoms with E-state index in [1.807, 2.05) is 0 Å². The summed E-state index contributed by atoms with van der Waals surface area (Å²) < 4.78 is 28.1. The maximum atomic E-state index is 11.7. The molecule has 2 saturated heterocycles. The lowest BCUT2D eigenvalue weighted by Crippen LogP contribution is -2.67.